The standard InChI is InChI=1S/C11H10BrF3OS/c1-6-3-4-8(10(12)7(2)16)9(5-6)17-11(13,14)15/h3-5,10H,1-2H3. The molecule has 0 N–H and O–H groups in total. The molecule has 0 amide bonds. The summed E-state index contributed by atoms with van der Waals surface area (Å²) >= 11 is 2.91. The molecule has 17 heavy (non-hydrogen) atoms. The molecule has 0 aromatic heterocycles. The molecule has 1 atom stereocenters. The van der Waals surface area contributed by atoms with Crippen LogP contribution in [0.5, 0.6) is 0 Å². The lowest BCUT2D eigenvalue weighted by atomic mass is 10.1. The Bertz CT molecular complexity index is 431. The first-order valence-corrected chi connectivity index (χ1v) is 6.45. The second-order valence-electron chi connectivity index (χ2n) is 3.56. The zero-order valence-electron chi connectivity index (χ0n) is 9.14. The van der Waals surface area contributed by atoms with E-state index >= 15 is 0 Å². The minimum Gasteiger partial charge on any atom is -0.298 e. The number of ketones is 1. The highest BCUT2D eigenvalue weighted by Gasteiger charge is 2.31. The largest absolute Gasteiger partial charge is 0.446 e. The summed E-state index contributed by atoms with van der Waals surface area (Å²) in [5.41, 5.74) is -3.28. The maximum atomic E-state index is 12.4. The van der Waals surface area contributed by atoms with E-state index in [9.17, 15) is 18.0 Å². The van der Waals surface area contributed by atoms with Gasteiger partial charge in [-0.1, -0.05) is 28.1 Å². The number of Topliss-reactive ketones (excluding diaryl/α,β-unsaturated/α-hetero) is 1. The summed E-state index contributed by atoms with van der Waals surface area (Å²) in [4.78, 5) is 10.6. The Balaban J connectivity index is 3.17. The van der Waals surface area contributed by atoms with Crippen LogP contribution in [0.15, 0.2) is 23.1 Å². The Labute approximate surface area is 110 Å². The number of alkyl halides is 4. The number of rotatable bonds is 3. The van der Waals surface area contributed by atoms with Crippen molar-refractivity contribution in [3.8, 4) is 0 Å². The molecule has 0 spiro atoms. The molecule has 0 bridgehead atoms. The third kappa shape index (κ3) is 4.35. The van der Waals surface area contributed by atoms with E-state index in [1.54, 1.807) is 19.1 Å². The summed E-state index contributed by atoms with van der Waals surface area (Å²) in [7, 11) is 0. The fourth-order valence-electron chi connectivity index (χ4n) is 1.28. The molecule has 1 aromatic carbocycles. The van der Waals surface area contributed by atoms with Gasteiger partial charge < -0.3 is 0 Å². The molecule has 0 saturated heterocycles. The SMILES string of the molecule is CC(=O)C(Br)c1ccc(C)cc1SC(F)(F)F. The number of thioether (sulfide) groups is 1. The van der Waals surface area contributed by atoms with Crippen LogP contribution < -0.4 is 0 Å². The molecule has 0 heterocycles. The highest BCUT2D eigenvalue weighted by atomic mass is 79.9. The van der Waals surface area contributed by atoms with Crippen LogP contribution in [0.3, 0.4) is 0 Å². The second kappa shape index (κ2) is 5.44. The van der Waals surface area contributed by atoms with E-state index in [1.807, 2.05) is 0 Å². The van der Waals surface area contributed by atoms with Crippen LogP contribution in [-0.4, -0.2) is 11.3 Å². The van der Waals surface area contributed by atoms with Gasteiger partial charge in [0.05, 0.1) is 4.83 Å². The molecule has 1 unspecified atom stereocenters. The van der Waals surface area contributed by atoms with Gasteiger partial charge in [0, 0.05) is 4.90 Å². The zero-order chi connectivity index (χ0) is 13.2. The molecule has 6 heteroatoms. The smallest absolute Gasteiger partial charge is 0.298 e. The first-order valence-electron chi connectivity index (χ1n) is 4.71. The first kappa shape index (κ1) is 14.6. The minimum absolute atomic E-state index is 0.0644. The van der Waals surface area contributed by atoms with Crippen LogP contribution in [0.25, 0.3) is 0 Å². The second-order valence-corrected chi connectivity index (χ2v) is 5.58. The van der Waals surface area contributed by atoms with Gasteiger partial charge in [-0.2, -0.15) is 13.2 Å². The highest BCUT2D eigenvalue weighted by Crippen LogP contribution is 2.42. The zero-order valence-corrected chi connectivity index (χ0v) is 11.5. The molecule has 0 aliphatic heterocycles. The lowest BCUT2D eigenvalue weighted by Gasteiger charge is -2.14. The molecule has 0 fully saturated rings. The van der Waals surface area contributed by atoms with Gasteiger partial charge in [0.1, 0.15) is 5.78 Å². The molecule has 1 aromatic rings. The Morgan fingerprint density at radius 2 is 2.00 bits per heavy atom. The number of halogens is 4. The molecular formula is C11H10BrF3OS. The van der Waals surface area contributed by atoms with Crippen molar-refractivity contribution in [2.24, 2.45) is 0 Å². The van der Waals surface area contributed by atoms with Gasteiger partial charge >= 0.3 is 5.51 Å². The van der Waals surface area contributed by atoms with E-state index in [0.29, 0.717) is 5.56 Å². The number of hydrogen-bond acceptors (Lipinski definition) is 2. The molecule has 0 aliphatic rings. The first-order chi connectivity index (χ1) is 7.70. The van der Waals surface area contributed by atoms with Gasteiger partial charge in [-0.05, 0) is 42.8 Å². The van der Waals surface area contributed by atoms with Crippen molar-refractivity contribution in [1.82, 2.24) is 0 Å². The van der Waals surface area contributed by atoms with Gasteiger partial charge in [0.2, 0.25) is 0 Å². The molecular weight excluding hydrogens is 317 g/mol. The monoisotopic (exact) mass is 326 g/mol. The number of hydrogen-bond donors (Lipinski definition) is 0. The highest BCUT2D eigenvalue weighted by molar-refractivity contribution is 9.09. The normalized spacial score (nSPS) is 13.5. The number of benzene rings is 1. The summed E-state index contributed by atoms with van der Waals surface area (Å²) in [6.07, 6.45) is 0. The summed E-state index contributed by atoms with van der Waals surface area (Å²) in [6, 6.07) is 4.67. The summed E-state index contributed by atoms with van der Waals surface area (Å²) in [5, 5.41) is 0. The van der Waals surface area contributed by atoms with Crippen molar-refractivity contribution in [3.63, 3.8) is 0 Å². The fourth-order valence-corrected chi connectivity index (χ4v) is 2.63. The van der Waals surface area contributed by atoms with Gasteiger partial charge in [0.25, 0.3) is 0 Å². The molecule has 0 radical (unpaired) electrons. The van der Waals surface area contributed by atoms with E-state index in [4.69, 9.17) is 0 Å². The topological polar surface area (TPSA) is 17.1 Å². The maximum absolute atomic E-state index is 12.4. The lowest BCUT2D eigenvalue weighted by Crippen LogP contribution is -2.06. The molecule has 94 valence electrons. The van der Waals surface area contributed by atoms with Crippen LogP contribution >= 0.6 is 27.7 Å². The van der Waals surface area contributed by atoms with Crippen LogP contribution in [0.4, 0.5) is 13.2 Å². The van der Waals surface area contributed by atoms with Gasteiger partial charge in [-0.15, -0.1) is 0 Å². The average Bonchev–Trinajstić information content (AvgIpc) is 2.14. The van der Waals surface area contributed by atoms with E-state index in [1.165, 1.54) is 13.0 Å². The van der Waals surface area contributed by atoms with Crippen molar-refractivity contribution in [3.05, 3.63) is 29.3 Å². The van der Waals surface area contributed by atoms with E-state index in [-0.39, 0.29) is 22.4 Å². The lowest BCUT2D eigenvalue weighted by molar-refractivity contribution is -0.116. The van der Waals surface area contributed by atoms with Crippen molar-refractivity contribution >= 4 is 33.5 Å². The third-order valence-corrected chi connectivity index (χ3v) is 3.97. The number of carbonyl (C=O) groups is 1. The maximum Gasteiger partial charge on any atom is 0.446 e. The quantitative estimate of drug-likeness (QED) is 0.595. The van der Waals surface area contributed by atoms with Gasteiger partial charge in [-0.25, -0.2) is 0 Å². The van der Waals surface area contributed by atoms with E-state index in [2.05, 4.69) is 15.9 Å². The summed E-state index contributed by atoms with van der Waals surface area (Å²) < 4.78 is 37.1. The molecule has 1 rings (SSSR count). The predicted molar refractivity (Wildman–Crippen MR) is 65.4 cm³/mol. The van der Waals surface area contributed by atoms with Crippen molar-refractivity contribution in [2.75, 3.05) is 0 Å². The molecule has 0 aliphatic carbocycles. The van der Waals surface area contributed by atoms with Crippen molar-refractivity contribution in [2.45, 2.75) is 29.1 Å². The van der Waals surface area contributed by atoms with E-state index < -0.39 is 10.3 Å². The van der Waals surface area contributed by atoms with Crippen molar-refractivity contribution in [1.29, 1.82) is 0 Å². The Morgan fingerprint density at radius 3 is 2.47 bits per heavy atom. The summed E-state index contributed by atoms with van der Waals surface area (Å²) in [6.45, 7) is 3.04. The van der Waals surface area contributed by atoms with Gasteiger partial charge in [-0.3, -0.25) is 4.79 Å². The van der Waals surface area contributed by atoms with E-state index in [0.717, 1.165) is 5.56 Å². The van der Waals surface area contributed by atoms with Crippen LogP contribution in [0, 0.1) is 6.92 Å². The minimum atomic E-state index is -4.36. The number of aryl methyl sites for hydroxylation is 1. The molecule has 1 nitrogen and oxygen atoms in total. The molecule has 0 saturated carbocycles. The van der Waals surface area contributed by atoms with Gasteiger partial charge in [0.15, 0.2) is 0 Å². The average molecular weight is 327 g/mol. The number of carbonyl (C=O) groups excluding carboxylic acids is 1. The van der Waals surface area contributed by atoms with Crippen LogP contribution in [-0.2, 0) is 4.79 Å². The van der Waals surface area contributed by atoms with Crippen LogP contribution in [0.2, 0.25) is 0 Å². The Kier molecular flexibility index (Phi) is 4.66. The summed E-state index contributed by atoms with van der Waals surface area (Å²) in [5.74, 6) is -0.224. The van der Waals surface area contributed by atoms with Crippen LogP contribution in [0.1, 0.15) is 22.9 Å². The Morgan fingerprint density at radius 1 is 1.41 bits per heavy atom. The van der Waals surface area contributed by atoms with Crippen molar-refractivity contribution < 1.29 is 18.0 Å². The fraction of sp³-hybridized carbons (Fsp3) is 0.364. The Hall–Kier alpha value is -0.490. The predicted octanol–water partition coefficient (Wildman–Crippen LogP) is 4.63. The third-order valence-electron chi connectivity index (χ3n) is 2.02.